The highest BCUT2D eigenvalue weighted by molar-refractivity contribution is 5.71. The van der Waals surface area contributed by atoms with Gasteiger partial charge in [0.25, 0.3) is 11.0 Å². The number of benzene rings is 1. The van der Waals surface area contributed by atoms with Crippen LogP contribution in [0.1, 0.15) is 5.69 Å². The van der Waals surface area contributed by atoms with E-state index in [-0.39, 0.29) is 22.4 Å². The van der Waals surface area contributed by atoms with E-state index in [0.717, 1.165) is 0 Å². The molecule has 20 heavy (non-hydrogen) atoms. The van der Waals surface area contributed by atoms with Gasteiger partial charge in [0.2, 0.25) is 0 Å². The zero-order valence-electron chi connectivity index (χ0n) is 10.2. The van der Waals surface area contributed by atoms with Crippen LogP contribution in [0.4, 0.5) is 0 Å². The molecule has 0 saturated carbocycles. The first-order valence-electron chi connectivity index (χ1n) is 5.82. The average molecular weight is 264 g/mol. The molecule has 0 radical (unpaired) electrons. The molecule has 0 unspecified atom stereocenters. The van der Waals surface area contributed by atoms with Crippen molar-refractivity contribution in [3.63, 3.8) is 0 Å². The molecule has 0 saturated heterocycles. The van der Waals surface area contributed by atoms with Crippen molar-refractivity contribution in [1.29, 1.82) is 5.26 Å². The van der Waals surface area contributed by atoms with Gasteiger partial charge in [0.05, 0.1) is 5.56 Å². The maximum Gasteiger partial charge on any atom is 0.369 e. The molecule has 0 atom stereocenters. The van der Waals surface area contributed by atoms with Crippen molar-refractivity contribution in [1.82, 2.24) is 4.98 Å². The van der Waals surface area contributed by atoms with Gasteiger partial charge in [-0.2, -0.15) is 9.99 Å². The summed E-state index contributed by atoms with van der Waals surface area (Å²) in [6, 6.07) is 11.4. The number of rotatable bonds is 1. The van der Waals surface area contributed by atoms with Crippen LogP contribution >= 0.6 is 0 Å². The fraction of sp³-hybridized carbons (Fsp3) is 0. The van der Waals surface area contributed by atoms with Crippen molar-refractivity contribution in [3.8, 4) is 17.3 Å². The lowest BCUT2D eigenvalue weighted by atomic mass is 10.1. The van der Waals surface area contributed by atoms with Crippen LogP contribution in [0.25, 0.3) is 22.3 Å². The highest BCUT2D eigenvalue weighted by Crippen LogP contribution is 2.18. The lowest BCUT2D eigenvalue weighted by Crippen LogP contribution is -2.43. The van der Waals surface area contributed by atoms with Crippen LogP contribution in [-0.4, -0.2) is 4.98 Å². The number of pyridine rings is 1. The maximum absolute atomic E-state index is 12.4. The summed E-state index contributed by atoms with van der Waals surface area (Å²) in [5.41, 5.74) is 0.558. The van der Waals surface area contributed by atoms with Crippen molar-refractivity contribution < 1.29 is 9.46 Å². The molecular formula is C14H8N4O2. The summed E-state index contributed by atoms with van der Waals surface area (Å²) in [4.78, 5) is 3.91. The molecule has 2 aromatic heterocycles. The third-order valence-electron chi connectivity index (χ3n) is 2.99. The van der Waals surface area contributed by atoms with E-state index in [4.69, 9.17) is 0 Å². The summed E-state index contributed by atoms with van der Waals surface area (Å²) in [5, 5.41) is 33.9. The number of aromatic nitrogens is 3. The Labute approximate surface area is 114 Å². The fourth-order valence-corrected chi connectivity index (χ4v) is 2.10. The quantitative estimate of drug-likeness (QED) is 0.485. The van der Waals surface area contributed by atoms with Gasteiger partial charge in [0, 0.05) is 24.5 Å². The lowest BCUT2D eigenvalue weighted by molar-refractivity contribution is -0.622. The van der Waals surface area contributed by atoms with Gasteiger partial charge >= 0.3 is 11.4 Å². The van der Waals surface area contributed by atoms with Crippen molar-refractivity contribution in [2.45, 2.75) is 0 Å². The second kappa shape index (κ2) is 4.48. The molecule has 3 aromatic rings. The van der Waals surface area contributed by atoms with Gasteiger partial charge in [0.15, 0.2) is 6.07 Å². The predicted molar refractivity (Wildman–Crippen MR) is 69.8 cm³/mol. The number of hydrogen-bond donors (Lipinski definition) is 0. The van der Waals surface area contributed by atoms with Crippen LogP contribution in [0.3, 0.4) is 0 Å². The van der Waals surface area contributed by atoms with Crippen molar-refractivity contribution in [2.75, 3.05) is 0 Å². The van der Waals surface area contributed by atoms with Gasteiger partial charge in [-0.3, -0.25) is 4.98 Å². The van der Waals surface area contributed by atoms with Crippen molar-refractivity contribution in [2.24, 2.45) is 0 Å². The first kappa shape index (κ1) is 11.9. The van der Waals surface area contributed by atoms with Gasteiger partial charge in [0.1, 0.15) is 0 Å². The molecule has 3 rings (SSSR count). The van der Waals surface area contributed by atoms with Crippen LogP contribution in [0.2, 0.25) is 0 Å². The summed E-state index contributed by atoms with van der Waals surface area (Å²) in [5.74, 6) is 0. The monoisotopic (exact) mass is 264 g/mol. The minimum Gasteiger partial charge on any atom is -0.617 e. The molecule has 0 bridgehead atoms. The molecule has 0 spiro atoms. The van der Waals surface area contributed by atoms with Gasteiger partial charge in [-0.05, 0) is 12.1 Å². The first-order valence-corrected chi connectivity index (χ1v) is 5.82. The molecule has 96 valence electrons. The molecule has 6 nitrogen and oxygen atoms in total. The largest absolute Gasteiger partial charge is 0.617 e. The summed E-state index contributed by atoms with van der Waals surface area (Å²) in [6.07, 6.45) is 3.00. The van der Waals surface area contributed by atoms with E-state index in [0.29, 0.717) is 15.0 Å². The zero-order chi connectivity index (χ0) is 14.1. The topological polar surface area (TPSA) is 90.6 Å². The summed E-state index contributed by atoms with van der Waals surface area (Å²) < 4.78 is 1.07. The predicted octanol–water partition coefficient (Wildman–Crippen LogP) is 1.04. The van der Waals surface area contributed by atoms with E-state index in [1.165, 1.54) is 18.3 Å². The molecule has 0 fully saturated rings. The SMILES string of the molecule is N#Cc1c(-c2cccnc2)[n+]([O-])c2ccccc2[n+]1[O-]. The fourth-order valence-electron chi connectivity index (χ4n) is 2.10. The molecule has 0 aliphatic rings. The molecular weight excluding hydrogens is 256 g/mol. The molecule has 1 aromatic carbocycles. The molecule has 0 aliphatic carbocycles. The molecule has 6 heteroatoms. The molecule has 0 aliphatic heterocycles. The second-order valence-corrected chi connectivity index (χ2v) is 4.13. The van der Waals surface area contributed by atoms with Crippen LogP contribution in [0.15, 0.2) is 48.8 Å². The van der Waals surface area contributed by atoms with Crippen LogP contribution in [0, 0.1) is 21.7 Å². The van der Waals surface area contributed by atoms with E-state index in [2.05, 4.69) is 4.98 Å². The smallest absolute Gasteiger partial charge is 0.369 e. The number of fused-ring (bicyclic) bond motifs is 1. The summed E-state index contributed by atoms with van der Waals surface area (Å²) >= 11 is 0. The highest BCUT2D eigenvalue weighted by atomic mass is 16.5. The second-order valence-electron chi connectivity index (χ2n) is 4.13. The van der Waals surface area contributed by atoms with Gasteiger partial charge < -0.3 is 10.4 Å². The number of para-hydroxylation sites is 2. The van der Waals surface area contributed by atoms with Crippen LogP contribution in [0.5, 0.6) is 0 Å². The lowest BCUT2D eigenvalue weighted by Gasteiger charge is -2.09. The first-order chi connectivity index (χ1) is 9.74. The van der Waals surface area contributed by atoms with E-state index >= 15 is 0 Å². The number of hydrogen-bond acceptors (Lipinski definition) is 4. The third kappa shape index (κ3) is 1.61. The number of nitrogens with zero attached hydrogens (tertiary/aromatic N) is 4. The Morgan fingerprint density at radius 1 is 1.00 bits per heavy atom. The number of nitriles is 1. The minimum absolute atomic E-state index is 0.00861. The Hall–Kier alpha value is -3.20. The van der Waals surface area contributed by atoms with Gasteiger partial charge in [-0.1, -0.05) is 12.1 Å². The van der Waals surface area contributed by atoms with Gasteiger partial charge in [-0.25, -0.2) is 0 Å². The Balaban J connectivity index is 2.49. The standard InChI is InChI=1S/C14H8N4O2/c15-8-13-14(10-4-3-7-16-9-10)18(20)12-6-2-1-5-11(12)17(13)19/h1-7,9H. The van der Waals surface area contributed by atoms with E-state index in [1.54, 1.807) is 36.5 Å². The highest BCUT2D eigenvalue weighted by Gasteiger charge is 2.29. The Bertz CT molecular complexity index is 841. The summed E-state index contributed by atoms with van der Waals surface area (Å²) in [7, 11) is 0. The Morgan fingerprint density at radius 3 is 2.30 bits per heavy atom. The van der Waals surface area contributed by atoms with Crippen molar-refractivity contribution >= 4 is 11.0 Å². The Kier molecular flexibility index (Phi) is 2.66. The van der Waals surface area contributed by atoms with Crippen LogP contribution < -0.4 is 9.46 Å². The van der Waals surface area contributed by atoms with Gasteiger partial charge in [-0.15, -0.1) is 4.73 Å². The third-order valence-corrected chi connectivity index (χ3v) is 2.99. The molecule has 2 heterocycles. The Morgan fingerprint density at radius 2 is 1.70 bits per heavy atom. The van der Waals surface area contributed by atoms with Crippen LogP contribution in [-0.2, 0) is 0 Å². The molecule has 0 amide bonds. The maximum atomic E-state index is 12.4. The normalized spacial score (nSPS) is 10.3. The minimum atomic E-state index is -0.244. The van der Waals surface area contributed by atoms with Crippen molar-refractivity contribution in [3.05, 3.63) is 64.9 Å². The zero-order valence-corrected chi connectivity index (χ0v) is 10.2. The van der Waals surface area contributed by atoms with E-state index < -0.39 is 0 Å². The summed E-state index contributed by atoms with van der Waals surface area (Å²) in [6.45, 7) is 0. The van der Waals surface area contributed by atoms with E-state index in [1.807, 2.05) is 0 Å². The average Bonchev–Trinajstić information content (AvgIpc) is 2.51. The molecule has 0 N–H and O–H groups in total. The van der Waals surface area contributed by atoms with E-state index in [9.17, 15) is 15.7 Å².